The fourth-order valence-electron chi connectivity index (χ4n) is 2.53. The third-order valence-corrected chi connectivity index (χ3v) is 3.91. The van der Waals surface area contributed by atoms with Crippen molar-refractivity contribution in [3.8, 4) is 5.75 Å². The van der Waals surface area contributed by atoms with Crippen LogP contribution in [0, 0.1) is 5.82 Å². The Balaban J connectivity index is 1.64. The third kappa shape index (κ3) is 6.83. The van der Waals surface area contributed by atoms with Gasteiger partial charge in [-0.25, -0.2) is 4.39 Å². The molecule has 0 spiro atoms. The lowest BCUT2D eigenvalue weighted by Gasteiger charge is -2.12. The second kappa shape index (κ2) is 10.3. The second-order valence-corrected chi connectivity index (χ2v) is 5.76. The molecule has 4 nitrogen and oxygen atoms in total. The van der Waals surface area contributed by atoms with E-state index in [0.717, 1.165) is 49.6 Å². The molecule has 0 aliphatic heterocycles. The highest BCUT2D eigenvalue weighted by Crippen LogP contribution is 2.11. The van der Waals surface area contributed by atoms with Crippen LogP contribution in [0.5, 0.6) is 5.75 Å². The zero-order valence-corrected chi connectivity index (χ0v) is 14.9. The summed E-state index contributed by atoms with van der Waals surface area (Å²) in [4.78, 5) is 4.22. The van der Waals surface area contributed by atoms with Gasteiger partial charge in [-0.05, 0) is 54.7 Å². The van der Waals surface area contributed by atoms with E-state index in [2.05, 4.69) is 27.8 Å². The quantitative estimate of drug-likeness (QED) is 0.440. The Hall–Kier alpha value is -2.56. The number of halogens is 1. The minimum atomic E-state index is -0.179. The highest BCUT2D eigenvalue weighted by Gasteiger charge is 2.00. The molecule has 2 N–H and O–H groups in total. The van der Waals surface area contributed by atoms with E-state index in [-0.39, 0.29) is 5.82 Å². The first-order valence-corrected chi connectivity index (χ1v) is 8.53. The summed E-state index contributed by atoms with van der Waals surface area (Å²) >= 11 is 0. The van der Waals surface area contributed by atoms with E-state index in [1.807, 2.05) is 18.2 Å². The fourth-order valence-corrected chi connectivity index (χ4v) is 2.53. The molecule has 2 aromatic rings. The van der Waals surface area contributed by atoms with E-state index in [1.165, 1.54) is 11.6 Å². The average molecular weight is 343 g/mol. The van der Waals surface area contributed by atoms with E-state index in [1.54, 1.807) is 26.3 Å². The Kier molecular flexibility index (Phi) is 7.76. The first-order chi connectivity index (χ1) is 12.2. The largest absolute Gasteiger partial charge is 0.497 e. The summed E-state index contributed by atoms with van der Waals surface area (Å²) in [5.74, 6) is 1.47. The lowest BCUT2D eigenvalue weighted by Crippen LogP contribution is -2.38. The van der Waals surface area contributed by atoms with Crippen molar-refractivity contribution >= 4 is 5.96 Å². The minimum Gasteiger partial charge on any atom is -0.497 e. The van der Waals surface area contributed by atoms with Crippen molar-refractivity contribution in [2.45, 2.75) is 19.3 Å². The number of aryl methyl sites for hydroxylation is 1. The Morgan fingerprint density at radius 1 is 1.00 bits per heavy atom. The van der Waals surface area contributed by atoms with E-state index < -0.39 is 0 Å². The van der Waals surface area contributed by atoms with Gasteiger partial charge < -0.3 is 15.4 Å². The molecule has 0 unspecified atom stereocenters. The minimum absolute atomic E-state index is 0.179. The third-order valence-electron chi connectivity index (χ3n) is 3.91. The Labute approximate surface area is 149 Å². The molecule has 25 heavy (non-hydrogen) atoms. The number of hydrogen-bond donors (Lipinski definition) is 2. The van der Waals surface area contributed by atoms with Crippen LogP contribution in [-0.2, 0) is 12.8 Å². The molecule has 0 fully saturated rings. The Morgan fingerprint density at radius 2 is 1.76 bits per heavy atom. The standard InChI is InChI=1S/C20H26FN3O/c1-22-20(23-13-4-6-17-5-3-7-18(21)15-17)24-14-12-16-8-10-19(25-2)11-9-16/h3,5,7-11,15H,4,6,12-14H2,1-2H3,(H2,22,23,24). The summed E-state index contributed by atoms with van der Waals surface area (Å²) in [6.07, 6.45) is 2.67. The summed E-state index contributed by atoms with van der Waals surface area (Å²) in [7, 11) is 3.43. The molecule has 5 heteroatoms. The van der Waals surface area contributed by atoms with E-state index >= 15 is 0 Å². The molecule has 0 saturated carbocycles. The van der Waals surface area contributed by atoms with Crippen LogP contribution in [0.2, 0.25) is 0 Å². The molecule has 0 aliphatic rings. The van der Waals surface area contributed by atoms with Gasteiger partial charge in [0.05, 0.1) is 7.11 Å². The highest BCUT2D eigenvalue weighted by atomic mass is 19.1. The molecule has 0 bridgehead atoms. The average Bonchev–Trinajstić information content (AvgIpc) is 2.64. The molecular weight excluding hydrogens is 317 g/mol. The molecule has 134 valence electrons. The molecule has 0 aliphatic carbocycles. The van der Waals surface area contributed by atoms with Crippen LogP contribution in [0.4, 0.5) is 4.39 Å². The van der Waals surface area contributed by atoms with Crippen LogP contribution in [0.1, 0.15) is 17.5 Å². The monoisotopic (exact) mass is 343 g/mol. The zero-order valence-electron chi connectivity index (χ0n) is 14.9. The maximum absolute atomic E-state index is 13.1. The van der Waals surface area contributed by atoms with Crippen molar-refractivity contribution in [1.82, 2.24) is 10.6 Å². The predicted molar refractivity (Wildman–Crippen MR) is 101 cm³/mol. The first kappa shape index (κ1) is 18.8. The van der Waals surface area contributed by atoms with Crippen molar-refractivity contribution in [3.63, 3.8) is 0 Å². The number of hydrogen-bond acceptors (Lipinski definition) is 2. The van der Waals surface area contributed by atoms with Crippen LogP contribution in [-0.4, -0.2) is 33.2 Å². The van der Waals surface area contributed by atoms with Gasteiger partial charge >= 0.3 is 0 Å². The van der Waals surface area contributed by atoms with Crippen molar-refractivity contribution in [2.24, 2.45) is 4.99 Å². The van der Waals surface area contributed by atoms with Crippen molar-refractivity contribution in [1.29, 1.82) is 0 Å². The number of ether oxygens (including phenoxy) is 1. The zero-order chi connectivity index (χ0) is 17.9. The molecule has 0 atom stereocenters. The van der Waals surface area contributed by atoms with Gasteiger partial charge in [0.2, 0.25) is 0 Å². The van der Waals surface area contributed by atoms with Crippen LogP contribution in [0.15, 0.2) is 53.5 Å². The summed E-state index contributed by atoms with van der Waals surface area (Å²) < 4.78 is 18.3. The summed E-state index contributed by atoms with van der Waals surface area (Å²) in [6.45, 7) is 1.59. The molecule has 0 saturated heterocycles. The second-order valence-electron chi connectivity index (χ2n) is 5.76. The number of nitrogens with one attached hydrogen (secondary N) is 2. The fraction of sp³-hybridized carbons (Fsp3) is 0.350. The summed E-state index contributed by atoms with van der Waals surface area (Å²) in [5, 5.41) is 6.59. The predicted octanol–water partition coefficient (Wildman–Crippen LogP) is 3.17. The van der Waals surface area contributed by atoms with Gasteiger partial charge in [-0.3, -0.25) is 4.99 Å². The SMILES string of the molecule is CN=C(NCCCc1cccc(F)c1)NCCc1ccc(OC)cc1. The smallest absolute Gasteiger partial charge is 0.190 e. The maximum Gasteiger partial charge on any atom is 0.190 e. The van der Waals surface area contributed by atoms with Gasteiger partial charge in [-0.15, -0.1) is 0 Å². The van der Waals surface area contributed by atoms with Crippen molar-refractivity contribution in [3.05, 3.63) is 65.5 Å². The van der Waals surface area contributed by atoms with Gasteiger partial charge in [0, 0.05) is 20.1 Å². The van der Waals surface area contributed by atoms with Gasteiger partial charge in [0.25, 0.3) is 0 Å². The number of methoxy groups -OCH3 is 1. The first-order valence-electron chi connectivity index (χ1n) is 8.53. The number of benzene rings is 2. The Morgan fingerprint density at radius 3 is 2.44 bits per heavy atom. The maximum atomic E-state index is 13.1. The normalized spacial score (nSPS) is 11.2. The molecular formula is C20H26FN3O. The molecule has 0 heterocycles. The van der Waals surface area contributed by atoms with Crippen molar-refractivity contribution < 1.29 is 9.13 Å². The number of nitrogens with zero attached hydrogens (tertiary/aromatic N) is 1. The van der Waals surface area contributed by atoms with Crippen LogP contribution in [0.25, 0.3) is 0 Å². The summed E-state index contributed by atoms with van der Waals surface area (Å²) in [5.41, 5.74) is 2.26. The van der Waals surface area contributed by atoms with Crippen LogP contribution < -0.4 is 15.4 Å². The molecule has 2 aromatic carbocycles. The lowest BCUT2D eigenvalue weighted by molar-refractivity contribution is 0.414. The van der Waals surface area contributed by atoms with E-state index in [4.69, 9.17) is 4.74 Å². The molecule has 0 radical (unpaired) electrons. The van der Waals surface area contributed by atoms with Crippen molar-refractivity contribution in [2.75, 3.05) is 27.2 Å². The van der Waals surface area contributed by atoms with E-state index in [9.17, 15) is 4.39 Å². The number of aliphatic imine (C=N–C) groups is 1. The van der Waals surface area contributed by atoms with E-state index in [0.29, 0.717) is 0 Å². The number of rotatable bonds is 8. The van der Waals surface area contributed by atoms with Gasteiger partial charge in [0.1, 0.15) is 11.6 Å². The lowest BCUT2D eigenvalue weighted by atomic mass is 10.1. The van der Waals surface area contributed by atoms with Crippen LogP contribution >= 0.6 is 0 Å². The van der Waals surface area contributed by atoms with Gasteiger partial charge in [0.15, 0.2) is 5.96 Å². The van der Waals surface area contributed by atoms with Gasteiger partial charge in [-0.1, -0.05) is 24.3 Å². The topological polar surface area (TPSA) is 45.7 Å². The number of guanidine groups is 1. The van der Waals surface area contributed by atoms with Crippen LogP contribution in [0.3, 0.4) is 0 Å². The molecule has 0 amide bonds. The summed E-state index contributed by atoms with van der Waals surface area (Å²) in [6, 6.07) is 14.8. The Bertz CT molecular complexity index is 671. The molecule has 2 rings (SSSR count). The van der Waals surface area contributed by atoms with Gasteiger partial charge in [-0.2, -0.15) is 0 Å². The molecule has 0 aromatic heterocycles. The highest BCUT2D eigenvalue weighted by molar-refractivity contribution is 5.79.